The number of ether oxygens (including phenoxy) is 1. The quantitative estimate of drug-likeness (QED) is 0.596. The van der Waals surface area contributed by atoms with Gasteiger partial charge in [0.05, 0.1) is 12.7 Å². The van der Waals surface area contributed by atoms with Crippen molar-refractivity contribution in [2.75, 3.05) is 7.11 Å². The van der Waals surface area contributed by atoms with Gasteiger partial charge < -0.3 is 4.74 Å². The highest BCUT2D eigenvalue weighted by molar-refractivity contribution is 5.84. The van der Waals surface area contributed by atoms with Crippen molar-refractivity contribution in [2.45, 2.75) is 6.42 Å². The minimum Gasteiger partial charge on any atom is -0.496 e. The summed E-state index contributed by atoms with van der Waals surface area (Å²) in [5.74, 6) is 0.634. The summed E-state index contributed by atoms with van der Waals surface area (Å²) >= 11 is 0. The van der Waals surface area contributed by atoms with Crippen molar-refractivity contribution in [3.63, 3.8) is 0 Å². The van der Waals surface area contributed by atoms with E-state index in [2.05, 4.69) is 6.58 Å². The minimum absolute atomic E-state index is 0.570. The van der Waals surface area contributed by atoms with Crippen molar-refractivity contribution in [3.8, 4) is 16.9 Å². The number of carbonyl (C=O) groups is 1. The lowest BCUT2D eigenvalue weighted by molar-refractivity contribution is 0.112. The molecule has 0 aliphatic carbocycles. The van der Waals surface area contributed by atoms with Crippen molar-refractivity contribution >= 4 is 6.29 Å². The molecule has 2 rings (SSSR count). The molecule has 0 aromatic heterocycles. The van der Waals surface area contributed by atoms with E-state index in [-0.39, 0.29) is 0 Å². The normalized spacial score (nSPS) is 9.95. The molecule has 0 aliphatic rings. The molecular formula is C17H16O2. The van der Waals surface area contributed by atoms with Crippen molar-refractivity contribution in [2.24, 2.45) is 0 Å². The average Bonchev–Trinajstić information content (AvgIpc) is 2.47. The zero-order valence-electron chi connectivity index (χ0n) is 10.9. The maximum Gasteiger partial charge on any atom is 0.153 e. The van der Waals surface area contributed by atoms with E-state index in [1.165, 1.54) is 0 Å². The van der Waals surface area contributed by atoms with E-state index < -0.39 is 0 Å². The van der Waals surface area contributed by atoms with Gasteiger partial charge in [0.25, 0.3) is 0 Å². The third-order valence-corrected chi connectivity index (χ3v) is 3.00. The highest BCUT2D eigenvalue weighted by atomic mass is 16.5. The molecule has 0 saturated heterocycles. The van der Waals surface area contributed by atoms with Crippen LogP contribution < -0.4 is 4.74 Å². The largest absolute Gasteiger partial charge is 0.496 e. The summed E-state index contributed by atoms with van der Waals surface area (Å²) in [5.41, 5.74) is 3.64. The van der Waals surface area contributed by atoms with Crippen molar-refractivity contribution in [1.29, 1.82) is 0 Å². The monoisotopic (exact) mass is 252 g/mol. The molecule has 0 atom stereocenters. The van der Waals surface area contributed by atoms with E-state index in [0.29, 0.717) is 17.7 Å². The van der Waals surface area contributed by atoms with E-state index in [1.54, 1.807) is 13.2 Å². The van der Waals surface area contributed by atoms with Crippen LogP contribution >= 0.6 is 0 Å². The summed E-state index contributed by atoms with van der Waals surface area (Å²) in [6.07, 6.45) is 3.31. The average molecular weight is 252 g/mol. The molecule has 0 saturated carbocycles. The molecule has 19 heavy (non-hydrogen) atoms. The molecule has 0 heterocycles. The molecule has 96 valence electrons. The Morgan fingerprint density at radius 3 is 2.47 bits per heavy atom. The van der Waals surface area contributed by atoms with Gasteiger partial charge >= 0.3 is 0 Å². The van der Waals surface area contributed by atoms with E-state index in [0.717, 1.165) is 23.0 Å². The van der Waals surface area contributed by atoms with Crippen LogP contribution in [0.4, 0.5) is 0 Å². The van der Waals surface area contributed by atoms with Gasteiger partial charge in [-0.25, -0.2) is 0 Å². The smallest absolute Gasteiger partial charge is 0.153 e. The summed E-state index contributed by atoms with van der Waals surface area (Å²) in [5, 5.41) is 0. The number of methoxy groups -OCH3 is 1. The molecule has 0 unspecified atom stereocenters. The second-order valence-corrected chi connectivity index (χ2v) is 4.23. The zero-order valence-corrected chi connectivity index (χ0v) is 10.9. The van der Waals surface area contributed by atoms with Crippen LogP contribution in [0, 0.1) is 0 Å². The second-order valence-electron chi connectivity index (χ2n) is 4.23. The van der Waals surface area contributed by atoms with Gasteiger partial charge in [-0.1, -0.05) is 36.4 Å². The fraction of sp³-hybridized carbons (Fsp3) is 0.118. The van der Waals surface area contributed by atoms with Crippen LogP contribution in [0.3, 0.4) is 0 Å². The van der Waals surface area contributed by atoms with Crippen molar-refractivity contribution in [3.05, 3.63) is 66.2 Å². The molecule has 0 fully saturated rings. The van der Waals surface area contributed by atoms with E-state index in [4.69, 9.17) is 4.74 Å². The van der Waals surface area contributed by atoms with Crippen LogP contribution in [-0.4, -0.2) is 13.4 Å². The van der Waals surface area contributed by atoms with Gasteiger partial charge in [-0.3, -0.25) is 4.79 Å². The Bertz CT molecular complexity index is 586. The Hall–Kier alpha value is -2.35. The highest BCUT2D eigenvalue weighted by Gasteiger charge is 2.11. The van der Waals surface area contributed by atoms with Crippen LogP contribution in [0.1, 0.15) is 15.9 Å². The molecule has 0 radical (unpaired) electrons. The first-order chi connectivity index (χ1) is 9.30. The number of hydrogen-bond acceptors (Lipinski definition) is 2. The summed E-state index contributed by atoms with van der Waals surface area (Å²) in [4.78, 5) is 11.2. The number of rotatable bonds is 5. The SMILES string of the molecule is C=CCc1cc(-c2ccccc2)cc(C=O)c1OC. The molecule has 0 aliphatic heterocycles. The maximum atomic E-state index is 11.2. The predicted octanol–water partition coefficient (Wildman–Crippen LogP) is 3.90. The third kappa shape index (κ3) is 2.74. The number of allylic oxidation sites excluding steroid dienone is 1. The Labute approximate surface area is 113 Å². The fourth-order valence-corrected chi connectivity index (χ4v) is 2.15. The first-order valence-corrected chi connectivity index (χ1v) is 6.12. The molecular weight excluding hydrogens is 236 g/mol. The fourth-order valence-electron chi connectivity index (χ4n) is 2.15. The van der Waals surface area contributed by atoms with Gasteiger partial charge in [-0.2, -0.15) is 0 Å². The van der Waals surface area contributed by atoms with Crippen LogP contribution in [0.5, 0.6) is 5.75 Å². The Balaban J connectivity index is 2.61. The lowest BCUT2D eigenvalue weighted by Gasteiger charge is -2.12. The van der Waals surface area contributed by atoms with Crippen molar-refractivity contribution in [1.82, 2.24) is 0 Å². The lowest BCUT2D eigenvalue weighted by Crippen LogP contribution is -1.97. The van der Waals surface area contributed by atoms with Gasteiger partial charge in [-0.15, -0.1) is 6.58 Å². The summed E-state index contributed by atoms with van der Waals surface area (Å²) in [6, 6.07) is 13.9. The summed E-state index contributed by atoms with van der Waals surface area (Å²) < 4.78 is 5.33. The number of benzene rings is 2. The first kappa shape index (κ1) is 13.1. The lowest BCUT2D eigenvalue weighted by atomic mass is 9.97. The molecule has 2 heteroatoms. The van der Waals surface area contributed by atoms with Crippen LogP contribution in [0.25, 0.3) is 11.1 Å². The first-order valence-electron chi connectivity index (χ1n) is 6.12. The topological polar surface area (TPSA) is 26.3 Å². The van der Waals surface area contributed by atoms with E-state index in [9.17, 15) is 4.79 Å². The van der Waals surface area contributed by atoms with Gasteiger partial charge in [-0.05, 0) is 35.2 Å². The maximum absolute atomic E-state index is 11.2. The van der Waals surface area contributed by atoms with Crippen LogP contribution in [0.2, 0.25) is 0 Å². The molecule has 2 nitrogen and oxygen atoms in total. The highest BCUT2D eigenvalue weighted by Crippen LogP contribution is 2.30. The zero-order chi connectivity index (χ0) is 13.7. The summed E-state index contributed by atoms with van der Waals surface area (Å²) in [7, 11) is 1.58. The Kier molecular flexibility index (Phi) is 4.14. The molecule has 0 spiro atoms. The summed E-state index contributed by atoms with van der Waals surface area (Å²) in [6.45, 7) is 3.75. The van der Waals surface area contributed by atoms with Gasteiger partial charge in [0.1, 0.15) is 5.75 Å². The van der Waals surface area contributed by atoms with Crippen LogP contribution in [0.15, 0.2) is 55.1 Å². The number of hydrogen-bond donors (Lipinski definition) is 0. The second kappa shape index (κ2) is 6.01. The standard InChI is InChI=1S/C17H16O2/c1-3-7-14-10-15(13-8-5-4-6-9-13)11-16(12-18)17(14)19-2/h3-6,8-12H,1,7H2,2H3. The molecule has 2 aromatic carbocycles. The van der Waals surface area contributed by atoms with E-state index in [1.807, 2.05) is 42.5 Å². The third-order valence-electron chi connectivity index (χ3n) is 3.00. The molecule has 0 bridgehead atoms. The Morgan fingerprint density at radius 1 is 1.16 bits per heavy atom. The van der Waals surface area contributed by atoms with Gasteiger partial charge in [0, 0.05) is 0 Å². The molecule has 0 N–H and O–H groups in total. The number of carbonyl (C=O) groups excluding carboxylic acids is 1. The van der Waals surface area contributed by atoms with E-state index >= 15 is 0 Å². The number of aldehydes is 1. The predicted molar refractivity (Wildman–Crippen MR) is 77.7 cm³/mol. The van der Waals surface area contributed by atoms with Gasteiger partial charge in [0.2, 0.25) is 0 Å². The van der Waals surface area contributed by atoms with Gasteiger partial charge in [0.15, 0.2) is 6.29 Å². The molecule has 2 aromatic rings. The van der Waals surface area contributed by atoms with Crippen molar-refractivity contribution < 1.29 is 9.53 Å². The minimum atomic E-state index is 0.570. The molecule has 0 amide bonds. The Morgan fingerprint density at radius 2 is 1.89 bits per heavy atom. The van der Waals surface area contributed by atoms with Crippen LogP contribution in [-0.2, 0) is 6.42 Å².